The average molecular weight is 564 g/mol. The first-order valence-corrected chi connectivity index (χ1v) is 13.6. The van der Waals surface area contributed by atoms with E-state index >= 15 is 0 Å². The van der Waals surface area contributed by atoms with Crippen LogP contribution in [0.2, 0.25) is 5.02 Å². The highest BCUT2D eigenvalue weighted by Crippen LogP contribution is 2.61. The minimum absolute atomic E-state index is 0.272. The Morgan fingerprint density at radius 2 is 1.56 bits per heavy atom. The van der Waals surface area contributed by atoms with Gasteiger partial charge in [0.25, 0.3) is 0 Å². The van der Waals surface area contributed by atoms with E-state index in [1.54, 1.807) is 86.0 Å². The molecule has 1 aliphatic carbocycles. The standard InChI is InChI=1S/C34H23ClFNO4/c1-41-24-14-8-19(9-15-24)29-30(31(38)20-6-11-22(35)12-7-20)37-27-16-13-23(36)18-21(27)10-17-28(37)34(29)32(39)25-4-2-3-5-26(25)33(34)40/h2-18,28-30H,1H3/t28?,29-,30+/m0/s1. The Kier molecular flexibility index (Phi) is 5.73. The molecule has 3 aliphatic rings. The van der Waals surface area contributed by atoms with Gasteiger partial charge < -0.3 is 9.64 Å². The van der Waals surface area contributed by atoms with Gasteiger partial charge in [0.2, 0.25) is 0 Å². The Morgan fingerprint density at radius 3 is 2.20 bits per heavy atom. The van der Waals surface area contributed by atoms with Gasteiger partial charge in [0.05, 0.1) is 13.2 Å². The smallest absolute Gasteiger partial charge is 0.185 e. The van der Waals surface area contributed by atoms with Crippen LogP contribution >= 0.6 is 11.6 Å². The molecule has 1 saturated heterocycles. The summed E-state index contributed by atoms with van der Waals surface area (Å²) in [6, 6.07) is 23.1. The maximum absolute atomic E-state index is 14.6. The molecule has 3 atom stereocenters. The van der Waals surface area contributed by atoms with Crippen LogP contribution in [0.25, 0.3) is 6.08 Å². The summed E-state index contributed by atoms with van der Waals surface area (Å²) in [6.45, 7) is 0. The van der Waals surface area contributed by atoms with E-state index in [1.807, 2.05) is 17.0 Å². The van der Waals surface area contributed by atoms with Crippen molar-refractivity contribution in [3.8, 4) is 5.75 Å². The number of hydrogen-bond acceptors (Lipinski definition) is 5. The first-order chi connectivity index (χ1) is 19.9. The summed E-state index contributed by atoms with van der Waals surface area (Å²) in [7, 11) is 1.56. The second-order valence-electron chi connectivity index (χ2n) is 10.6. The van der Waals surface area contributed by atoms with Gasteiger partial charge in [-0.05, 0) is 60.2 Å². The average Bonchev–Trinajstić information content (AvgIpc) is 3.43. The number of hydrogen-bond donors (Lipinski definition) is 0. The van der Waals surface area contributed by atoms with E-state index in [9.17, 15) is 18.8 Å². The minimum Gasteiger partial charge on any atom is -0.497 e. The number of ketones is 3. The van der Waals surface area contributed by atoms with Crippen LogP contribution in [0, 0.1) is 11.2 Å². The number of carbonyl (C=O) groups is 3. The predicted molar refractivity (Wildman–Crippen MR) is 155 cm³/mol. The molecule has 0 bridgehead atoms. The maximum atomic E-state index is 14.6. The van der Waals surface area contributed by atoms with E-state index < -0.39 is 29.2 Å². The number of rotatable bonds is 4. The molecule has 0 amide bonds. The van der Waals surface area contributed by atoms with Crippen molar-refractivity contribution in [2.24, 2.45) is 5.41 Å². The number of fused-ring (bicyclic) bond motifs is 5. The third-order valence-electron chi connectivity index (χ3n) is 8.64. The molecule has 2 heterocycles. The van der Waals surface area contributed by atoms with Crippen LogP contribution in [-0.2, 0) is 0 Å². The Morgan fingerprint density at radius 1 is 0.902 bits per heavy atom. The minimum atomic E-state index is -1.63. The zero-order valence-corrected chi connectivity index (χ0v) is 22.6. The molecule has 41 heavy (non-hydrogen) atoms. The topological polar surface area (TPSA) is 63.7 Å². The molecule has 2 aliphatic heterocycles. The van der Waals surface area contributed by atoms with Crippen LogP contribution in [0.3, 0.4) is 0 Å². The number of Topliss-reactive ketones (excluding diaryl/α,β-unsaturated/α-hetero) is 3. The summed E-state index contributed by atoms with van der Waals surface area (Å²) >= 11 is 6.14. The second kappa shape index (κ2) is 9.25. The Labute approximate surface area is 240 Å². The molecule has 7 heteroatoms. The SMILES string of the molecule is COc1ccc([C@H]2[C@H](C(=O)c3ccc(Cl)cc3)N3c4ccc(F)cc4C=CC3C23C(=O)c2ccccc2C3=O)cc1. The van der Waals surface area contributed by atoms with Gasteiger partial charge in [0, 0.05) is 38.9 Å². The highest BCUT2D eigenvalue weighted by atomic mass is 35.5. The zero-order chi connectivity index (χ0) is 28.5. The largest absolute Gasteiger partial charge is 0.497 e. The number of anilines is 1. The highest BCUT2D eigenvalue weighted by Gasteiger charge is 2.71. The third-order valence-corrected chi connectivity index (χ3v) is 8.89. The highest BCUT2D eigenvalue weighted by molar-refractivity contribution is 6.32. The fourth-order valence-corrected chi connectivity index (χ4v) is 7.04. The number of ether oxygens (including phenoxy) is 1. The van der Waals surface area contributed by atoms with Crippen molar-refractivity contribution in [3.05, 3.63) is 136 Å². The fraction of sp³-hybridized carbons (Fsp3) is 0.147. The number of nitrogens with zero attached hydrogens (tertiary/aromatic N) is 1. The fourth-order valence-electron chi connectivity index (χ4n) is 6.92. The Balaban J connectivity index is 1.54. The van der Waals surface area contributed by atoms with Crippen LogP contribution in [0.15, 0.2) is 97.1 Å². The van der Waals surface area contributed by atoms with Gasteiger partial charge >= 0.3 is 0 Å². The molecule has 1 spiro atoms. The molecule has 4 aromatic rings. The molecule has 1 fully saturated rings. The van der Waals surface area contributed by atoms with Gasteiger partial charge in [-0.3, -0.25) is 14.4 Å². The van der Waals surface area contributed by atoms with Crippen molar-refractivity contribution in [3.63, 3.8) is 0 Å². The summed E-state index contributed by atoms with van der Waals surface area (Å²) < 4.78 is 19.7. The van der Waals surface area contributed by atoms with Crippen molar-refractivity contribution in [2.75, 3.05) is 12.0 Å². The molecule has 0 radical (unpaired) electrons. The van der Waals surface area contributed by atoms with E-state index in [2.05, 4.69) is 0 Å². The molecule has 202 valence electrons. The van der Waals surface area contributed by atoms with Crippen LogP contribution in [0.4, 0.5) is 10.1 Å². The van der Waals surface area contributed by atoms with Crippen LogP contribution < -0.4 is 9.64 Å². The molecular formula is C34H23ClFNO4. The van der Waals surface area contributed by atoms with Crippen molar-refractivity contribution in [1.29, 1.82) is 0 Å². The van der Waals surface area contributed by atoms with Gasteiger partial charge in [0.1, 0.15) is 23.0 Å². The number of carbonyl (C=O) groups excluding carboxylic acids is 3. The second-order valence-corrected chi connectivity index (χ2v) is 11.0. The van der Waals surface area contributed by atoms with E-state index in [1.165, 1.54) is 12.1 Å². The van der Waals surface area contributed by atoms with E-state index in [-0.39, 0.29) is 17.3 Å². The molecule has 4 aromatic carbocycles. The van der Waals surface area contributed by atoms with Gasteiger partial charge in [-0.25, -0.2) is 4.39 Å². The molecule has 0 aromatic heterocycles. The van der Waals surface area contributed by atoms with Crippen molar-refractivity contribution in [2.45, 2.75) is 18.0 Å². The van der Waals surface area contributed by atoms with Crippen LogP contribution in [-0.4, -0.2) is 36.5 Å². The van der Waals surface area contributed by atoms with Gasteiger partial charge in [-0.2, -0.15) is 0 Å². The molecule has 0 N–H and O–H groups in total. The Bertz CT molecular complexity index is 1740. The quantitative estimate of drug-likeness (QED) is 0.202. The first-order valence-electron chi connectivity index (χ1n) is 13.2. The zero-order valence-electron chi connectivity index (χ0n) is 21.9. The van der Waals surface area contributed by atoms with E-state index in [0.29, 0.717) is 44.3 Å². The summed E-state index contributed by atoms with van der Waals surface area (Å²) in [6.07, 6.45) is 3.51. The lowest BCUT2D eigenvalue weighted by atomic mass is 9.64. The lowest BCUT2D eigenvalue weighted by Gasteiger charge is -2.37. The van der Waals surface area contributed by atoms with Gasteiger partial charge in [0.15, 0.2) is 17.3 Å². The van der Waals surface area contributed by atoms with Crippen LogP contribution in [0.5, 0.6) is 5.75 Å². The summed E-state index contributed by atoms with van der Waals surface area (Å²) in [5, 5.41) is 0.479. The van der Waals surface area contributed by atoms with E-state index in [4.69, 9.17) is 16.3 Å². The monoisotopic (exact) mass is 563 g/mol. The number of benzene rings is 4. The summed E-state index contributed by atoms with van der Waals surface area (Å²) in [5.74, 6) is -1.60. The van der Waals surface area contributed by atoms with E-state index in [0.717, 1.165) is 0 Å². The van der Waals surface area contributed by atoms with Gasteiger partial charge in [-0.15, -0.1) is 0 Å². The molecule has 5 nitrogen and oxygen atoms in total. The maximum Gasteiger partial charge on any atom is 0.185 e. The lowest BCUT2D eigenvalue weighted by molar-refractivity contribution is 0.0666. The normalized spacial score (nSPS) is 21.5. The Hall–Kier alpha value is -4.55. The van der Waals surface area contributed by atoms with Gasteiger partial charge in [-0.1, -0.05) is 60.2 Å². The van der Waals surface area contributed by atoms with Crippen molar-refractivity contribution in [1.82, 2.24) is 0 Å². The lowest BCUT2D eigenvalue weighted by Crippen LogP contribution is -2.48. The number of halogens is 2. The number of methoxy groups -OCH3 is 1. The summed E-state index contributed by atoms with van der Waals surface area (Å²) in [4.78, 5) is 45.7. The first kappa shape index (κ1) is 25.4. The molecular weight excluding hydrogens is 541 g/mol. The summed E-state index contributed by atoms with van der Waals surface area (Å²) in [5.41, 5.74) is 1.24. The predicted octanol–water partition coefficient (Wildman–Crippen LogP) is 6.80. The van der Waals surface area contributed by atoms with Crippen molar-refractivity contribution < 1.29 is 23.5 Å². The third kappa shape index (κ3) is 3.50. The molecule has 0 saturated carbocycles. The van der Waals surface area contributed by atoms with Crippen molar-refractivity contribution >= 4 is 40.7 Å². The molecule has 7 rings (SSSR count). The van der Waals surface area contributed by atoms with Crippen LogP contribution in [0.1, 0.15) is 48.1 Å². The molecule has 1 unspecified atom stereocenters.